The van der Waals surface area contributed by atoms with Gasteiger partial charge < -0.3 is 24.7 Å². The van der Waals surface area contributed by atoms with Crippen molar-refractivity contribution in [1.82, 2.24) is 0 Å². The molecule has 0 spiro atoms. The molecule has 5 nitrogen and oxygen atoms in total. The molecular weight excluding hydrogens is 234 g/mol. The fourth-order valence-corrected chi connectivity index (χ4v) is 1.62. The summed E-state index contributed by atoms with van der Waals surface area (Å²) < 4.78 is 21.6. The van der Waals surface area contributed by atoms with Crippen LogP contribution in [0.3, 0.4) is 0 Å². The predicted octanol–water partition coefficient (Wildman–Crippen LogP) is 0.936. The highest BCUT2D eigenvalue weighted by Crippen LogP contribution is 2.43. The molecule has 1 aromatic rings. The maximum absolute atomic E-state index is 5.62. The monoisotopic (exact) mass is 245 g/mol. The highest BCUT2D eigenvalue weighted by Gasteiger charge is 2.24. The molecule has 3 rings (SSSR count). The van der Waals surface area contributed by atoms with Gasteiger partial charge in [-0.1, -0.05) is 0 Å². The van der Waals surface area contributed by atoms with Gasteiger partial charge in [0.1, 0.15) is 12.7 Å². The number of hydrogen-bond donors (Lipinski definition) is 1. The van der Waals surface area contributed by atoms with Crippen molar-refractivity contribution in [3.05, 3.63) is 12.1 Å². The first-order chi connectivity index (χ1) is 7.36. The van der Waals surface area contributed by atoms with Crippen LogP contribution in [0.5, 0.6) is 23.0 Å². The van der Waals surface area contributed by atoms with Gasteiger partial charge in [-0.25, -0.2) is 0 Å². The van der Waals surface area contributed by atoms with Gasteiger partial charge in [0.2, 0.25) is 6.79 Å². The maximum atomic E-state index is 5.62. The van der Waals surface area contributed by atoms with Crippen molar-refractivity contribution in [2.24, 2.45) is 5.73 Å². The summed E-state index contributed by atoms with van der Waals surface area (Å²) in [6.07, 6.45) is -0.0853. The second-order valence-corrected chi connectivity index (χ2v) is 3.44. The molecule has 1 atom stereocenters. The lowest BCUT2D eigenvalue weighted by molar-refractivity contribution is 0.0965. The number of nitrogens with two attached hydrogens (primary N) is 1. The normalized spacial score (nSPS) is 20.2. The number of benzene rings is 1. The van der Waals surface area contributed by atoms with Crippen LogP contribution in [-0.2, 0) is 0 Å². The highest BCUT2D eigenvalue weighted by atomic mass is 35.5. The van der Waals surface area contributed by atoms with E-state index < -0.39 is 0 Å². The molecule has 2 aliphatic rings. The summed E-state index contributed by atoms with van der Waals surface area (Å²) in [7, 11) is 0. The summed E-state index contributed by atoms with van der Waals surface area (Å²) in [4.78, 5) is 0. The van der Waals surface area contributed by atoms with E-state index in [1.807, 2.05) is 0 Å². The predicted molar refractivity (Wildman–Crippen MR) is 58.8 cm³/mol. The fraction of sp³-hybridized carbons (Fsp3) is 0.400. The fourth-order valence-electron chi connectivity index (χ4n) is 1.62. The van der Waals surface area contributed by atoms with E-state index in [1.54, 1.807) is 12.1 Å². The van der Waals surface area contributed by atoms with Gasteiger partial charge >= 0.3 is 0 Å². The lowest BCUT2D eigenvalue weighted by Crippen LogP contribution is -2.35. The Hall–Kier alpha value is -1.33. The molecule has 0 saturated heterocycles. The first-order valence-electron chi connectivity index (χ1n) is 4.80. The molecule has 0 unspecified atom stereocenters. The second-order valence-electron chi connectivity index (χ2n) is 3.44. The zero-order valence-corrected chi connectivity index (χ0v) is 9.29. The lowest BCUT2D eigenvalue weighted by Gasteiger charge is -2.25. The zero-order valence-electron chi connectivity index (χ0n) is 8.47. The van der Waals surface area contributed by atoms with Crippen LogP contribution in [0.1, 0.15) is 0 Å². The first kappa shape index (κ1) is 11.2. The van der Waals surface area contributed by atoms with Gasteiger partial charge in [-0.2, -0.15) is 0 Å². The molecule has 0 saturated carbocycles. The quantitative estimate of drug-likeness (QED) is 0.798. The Morgan fingerprint density at radius 2 is 1.69 bits per heavy atom. The number of rotatable bonds is 1. The highest BCUT2D eigenvalue weighted by molar-refractivity contribution is 5.85. The summed E-state index contributed by atoms with van der Waals surface area (Å²) >= 11 is 0. The van der Waals surface area contributed by atoms with E-state index >= 15 is 0 Å². The van der Waals surface area contributed by atoms with E-state index in [0.29, 0.717) is 36.1 Å². The third-order valence-corrected chi connectivity index (χ3v) is 2.42. The van der Waals surface area contributed by atoms with E-state index in [-0.39, 0.29) is 25.3 Å². The van der Waals surface area contributed by atoms with Crippen LogP contribution in [0, 0.1) is 0 Å². The Labute approximate surface area is 98.8 Å². The van der Waals surface area contributed by atoms with Gasteiger partial charge in [0, 0.05) is 18.7 Å². The average molecular weight is 246 g/mol. The van der Waals surface area contributed by atoms with E-state index in [1.165, 1.54) is 0 Å². The van der Waals surface area contributed by atoms with Crippen molar-refractivity contribution in [3.63, 3.8) is 0 Å². The number of fused-ring (bicyclic) bond motifs is 2. The van der Waals surface area contributed by atoms with Crippen molar-refractivity contribution >= 4 is 12.4 Å². The van der Waals surface area contributed by atoms with Crippen LogP contribution >= 0.6 is 12.4 Å². The van der Waals surface area contributed by atoms with E-state index in [4.69, 9.17) is 24.7 Å². The molecule has 6 heteroatoms. The van der Waals surface area contributed by atoms with Crippen LogP contribution in [0.4, 0.5) is 0 Å². The molecule has 0 radical (unpaired) electrons. The minimum Gasteiger partial charge on any atom is -0.486 e. The molecule has 0 aromatic heterocycles. The third kappa shape index (κ3) is 1.72. The van der Waals surface area contributed by atoms with Crippen molar-refractivity contribution < 1.29 is 18.9 Å². The molecule has 2 N–H and O–H groups in total. The van der Waals surface area contributed by atoms with Crippen LogP contribution in [0.2, 0.25) is 0 Å². The van der Waals surface area contributed by atoms with Crippen molar-refractivity contribution in [3.8, 4) is 23.0 Å². The van der Waals surface area contributed by atoms with Crippen molar-refractivity contribution in [1.29, 1.82) is 0 Å². The summed E-state index contributed by atoms with van der Waals surface area (Å²) in [5, 5.41) is 0. The minimum atomic E-state index is -0.0853. The molecule has 0 fully saturated rings. The number of halogens is 1. The Kier molecular flexibility index (Phi) is 2.98. The first-order valence-corrected chi connectivity index (χ1v) is 4.80. The summed E-state index contributed by atoms with van der Waals surface area (Å²) in [5.41, 5.74) is 5.51. The van der Waals surface area contributed by atoms with Crippen molar-refractivity contribution in [2.45, 2.75) is 6.10 Å². The third-order valence-electron chi connectivity index (χ3n) is 2.42. The van der Waals surface area contributed by atoms with E-state index in [2.05, 4.69) is 0 Å². The van der Waals surface area contributed by atoms with E-state index in [9.17, 15) is 0 Å². The smallest absolute Gasteiger partial charge is 0.231 e. The van der Waals surface area contributed by atoms with Gasteiger partial charge in [-0.3, -0.25) is 0 Å². The topological polar surface area (TPSA) is 62.9 Å². The standard InChI is InChI=1S/C10H11NO4.ClH/c11-3-6-4-12-9-1-7-8(14-5-13-7)2-10(9)15-6;/h1-2,6H,3-5,11H2;1H/t6-;/m0./s1. The molecular formula is C10H12ClNO4. The van der Waals surface area contributed by atoms with Crippen LogP contribution in [-0.4, -0.2) is 26.0 Å². The molecule has 1 aromatic carbocycles. The molecule has 2 aliphatic heterocycles. The Morgan fingerprint density at radius 3 is 2.38 bits per heavy atom. The largest absolute Gasteiger partial charge is 0.486 e. The summed E-state index contributed by atoms with van der Waals surface area (Å²) in [6, 6.07) is 3.56. The van der Waals surface area contributed by atoms with Crippen LogP contribution in [0.25, 0.3) is 0 Å². The van der Waals surface area contributed by atoms with Crippen LogP contribution in [0.15, 0.2) is 12.1 Å². The van der Waals surface area contributed by atoms with Crippen molar-refractivity contribution in [2.75, 3.05) is 19.9 Å². The lowest BCUT2D eigenvalue weighted by atomic mass is 10.2. The molecule has 2 heterocycles. The van der Waals surface area contributed by atoms with Crippen LogP contribution < -0.4 is 24.7 Å². The molecule has 16 heavy (non-hydrogen) atoms. The molecule has 0 amide bonds. The Balaban J connectivity index is 0.000000963. The number of hydrogen-bond acceptors (Lipinski definition) is 5. The summed E-state index contributed by atoms with van der Waals surface area (Å²) in [5.74, 6) is 2.74. The SMILES string of the molecule is Cl.NC[C@H]1COc2cc3c(cc2O1)OCO3. The Morgan fingerprint density at radius 1 is 1.06 bits per heavy atom. The van der Waals surface area contributed by atoms with E-state index in [0.717, 1.165) is 0 Å². The molecule has 0 bridgehead atoms. The van der Waals surface area contributed by atoms with Gasteiger partial charge in [-0.05, 0) is 0 Å². The summed E-state index contributed by atoms with van der Waals surface area (Å²) in [6.45, 7) is 1.16. The van der Waals surface area contributed by atoms with Gasteiger partial charge in [0.05, 0.1) is 0 Å². The minimum absolute atomic E-state index is 0. The second kappa shape index (κ2) is 4.27. The van der Waals surface area contributed by atoms with Gasteiger partial charge in [0.25, 0.3) is 0 Å². The van der Waals surface area contributed by atoms with Gasteiger partial charge in [0.15, 0.2) is 23.0 Å². The molecule has 88 valence electrons. The van der Waals surface area contributed by atoms with Gasteiger partial charge in [-0.15, -0.1) is 12.4 Å². The zero-order chi connectivity index (χ0) is 10.3. The average Bonchev–Trinajstić information content (AvgIpc) is 2.72. The molecule has 0 aliphatic carbocycles. The number of ether oxygens (including phenoxy) is 4. The Bertz CT molecular complexity index is 399. The maximum Gasteiger partial charge on any atom is 0.231 e.